The summed E-state index contributed by atoms with van der Waals surface area (Å²) in [6, 6.07) is 7.16. The van der Waals surface area contributed by atoms with E-state index in [1.165, 1.54) is 19.3 Å². The standard InChI is InChI=1S/C14H18ClNO/c1-11(16-9-3-2-4-10-16)14(17)12-5-7-13(15)8-6-12/h5-8,11H,2-4,9-10H2,1H3/t11-/m1/s1. The number of piperidine rings is 1. The zero-order chi connectivity index (χ0) is 12.3. The van der Waals surface area contributed by atoms with Crippen molar-refractivity contribution in [1.29, 1.82) is 0 Å². The Kier molecular flexibility index (Phi) is 4.19. The molecule has 1 aromatic carbocycles. The molecule has 0 radical (unpaired) electrons. The minimum Gasteiger partial charge on any atom is -0.294 e. The lowest BCUT2D eigenvalue weighted by atomic mass is 10.0. The number of rotatable bonds is 3. The molecule has 0 amide bonds. The number of carbonyl (C=O) groups is 1. The second-order valence-electron chi connectivity index (χ2n) is 4.64. The SMILES string of the molecule is C[C@H](C(=O)c1ccc(Cl)cc1)N1CCCCC1. The third-order valence-electron chi connectivity index (χ3n) is 3.45. The number of Topliss-reactive ketones (excluding diaryl/α,β-unsaturated/α-hetero) is 1. The van der Waals surface area contributed by atoms with Crippen molar-refractivity contribution in [2.45, 2.75) is 32.2 Å². The van der Waals surface area contributed by atoms with E-state index < -0.39 is 0 Å². The van der Waals surface area contributed by atoms with Gasteiger partial charge in [0.15, 0.2) is 5.78 Å². The average Bonchev–Trinajstić information content (AvgIpc) is 2.39. The highest BCUT2D eigenvalue weighted by atomic mass is 35.5. The van der Waals surface area contributed by atoms with Gasteiger partial charge in [-0.15, -0.1) is 0 Å². The van der Waals surface area contributed by atoms with Crippen molar-refractivity contribution in [3.63, 3.8) is 0 Å². The zero-order valence-electron chi connectivity index (χ0n) is 10.2. The van der Waals surface area contributed by atoms with E-state index in [0.717, 1.165) is 18.7 Å². The first-order chi connectivity index (χ1) is 8.18. The van der Waals surface area contributed by atoms with Crippen LogP contribution < -0.4 is 0 Å². The molecule has 1 aromatic rings. The van der Waals surface area contributed by atoms with Gasteiger partial charge >= 0.3 is 0 Å². The highest BCUT2D eigenvalue weighted by Gasteiger charge is 2.23. The first-order valence-corrected chi connectivity index (χ1v) is 6.60. The quantitative estimate of drug-likeness (QED) is 0.768. The molecule has 1 saturated heterocycles. The molecule has 0 aromatic heterocycles. The molecule has 0 unspecified atom stereocenters. The maximum absolute atomic E-state index is 12.3. The molecule has 2 nitrogen and oxygen atoms in total. The molecule has 1 aliphatic rings. The Morgan fingerprint density at radius 2 is 1.76 bits per heavy atom. The summed E-state index contributed by atoms with van der Waals surface area (Å²) in [7, 11) is 0. The van der Waals surface area contributed by atoms with Crippen molar-refractivity contribution in [2.24, 2.45) is 0 Å². The Hall–Kier alpha value is -0.860. The van der Waals surface area contributed by atoms with Gasteiger partial charge in [0.2, 0.25) is 0 Å². The number of nitrogens with zero attached hydrogens (tertiary/aromatic N) is 1. The molecule has 17 heavy (non-hydrogen) atoms. The molecule has 1 atom stereocenters. The largest absolute Gasteiger partial charge is 0.294 e. The van der Waals surface area contributed by atoms with E-state index in [1.54, 1.807) is 12.1 Å². The summed E-state index contributed by atoms with van der Waals surface area (Å²) in [4.78, 5) is 14.5. The maximum atomic E-state index is 12.3. The van der Waals surface area contributed by atoms with E-state index in [9.17, 15) is 4.79 Å². The zero-order valence-corrected chi connectivity index (χ0v) is 10.9. The lowest BCUT2D eigenvalue weighted by molar-refractivity contribution is 0.0809. The van der Waals surface area contributed by atoms with Crippen molar-refractivity contribution in [1.82, 2.24) is 4.90 Å². The molecule has 0 saturated carbocycles. The Labute approximate surface area is 108 Å². The summed E-state index contributed by atoms with van der Waals surface area (Å²) in [5, 5.41) is 0.673. The molecule has 0 bridgehead atoms. The van der Waals surface area contributed by atoms with Crippen LogP contribution in [0.4, 0.5) is 0 Å². The predicted molar refractivity (Wildman–Crippen MR) is 70.7 cm³/mol. The fourth-order valence-corrected chi connectivity index (χ4v) is 2.45. The van der Waals surface area contributed by atoms with Gasteiger partial charge in [-0.1, -0.05) is 18.0 Å². The van der Waals surface area contributed by atoms with E-state index in [-0.39, 0.29) is 11.8 Å². The second kappa shape index (κ2) is 5.65. The first kappa shape index (κ1) is 12.6. The third-order valence-corrected chi connectivity index (χ3v) is 3.70. The molecular formula is C14H18ClNO. The van der Waals surface area contributed by atoms with Crippen LogP contribution in [0.1, 0.15) is 36.5 Å². The summed E-state index contributed by atoms with van der Waals surface area (Å²) in [5.74, 6) is 0.198. The second-order valence-corrected chi connectivity index (χ2v) is 5.08. The van der Waals surface area contributed by atoms with Gasteiger partial charge in [-0.25, -0.2) is 0 Å². The fourth-order valence-electron chi connectivity index (χ4n) is 2.33. The normalized spacial score (nSPS) is 18.9. The average molecular weight is 252 g/mol. The number of benzene rings is 1. The van der Waals surface area contributed by atoms with Gasteiger partial charge in [-0.2, -0.15) is 0 Å². The molecule has 3 heteroatoms. The van der Waals surface area contributed by atoms with E-state index in [0.29, 0.717) is 5.02 Å². The lowest BCUT2D eigenvalue weighted by Gasteiger charge is -2.31. The van der Waals surface area contributed by atoms with Crippen molar-refractivity contribution in [3.8, 4) is 0 Å². The van der Waals surface area contributed by atoms with Crippen LogP contribution in [0.2, 0.25) is 5.02 Å². The van der Waals surface area contributed by atoms with Gasteiger partial charge in [-0.3, -0.25) is 9.69 Å². The molecule has 1 heterocycles. The van der Waals surface area contributed by atoms with Gasteiger partial charge < -0.3 is 0 Å². The summed E-state index contributed by atoms with van der Waals surface area (Å²) in [6.45, 7) is 4.09. The Bertz CT molecular complexity index is 382. The fraction of sp³-hybridized carbons (Fsp3) is 0.500. The lowest BCUT2D eigenvalue weighted by Crippen LogP contribution is -2.42. The number of halogens is 1. The monoisotopic (exact) mass is 251 g/mol. The number of carbonyl (C=O) groups excluding carboxylic acids is 1. The number of ketones is 1. The molecule has 0 N–H and O–H groups in total. The highest BCUT2D eigenvalue weighted by molar-refractivity contribution is 6.30. The molecule has 1 fully saturated rings. The van der Waals surface area contributed by atoms with E-state index in [1.807, 2.05) is 19.1 Å². The number of hydrogen-bond acceptors (Lipinski definition) is 2. The van der Waals surface area contributed by atoms with Crippen LogP contribution in [-0.2, 0) is 0 Å². The van der Waals surface area contributed by atoms with Crippen LogP contribution in [0, 0.1) is 0 Å². The molecular weight excluding hydrogens is 234 g/mol. The van der Waals surface area contributed by atoms with Crippen LogP contribution in [0.5, 0.6) is 0 Å². The Morgan fingerprint density at radius 3 is 2.35 bits per heavy atom. The van der Waals surface area contributed by atoms with E-state index >= 15 is 0 Å². The van der Waals surface area contributed by atoms with Crippen LogP contribution in [0.15, 0.2) is 24.3 Å². The van der Waals surface area contributed by atoms with Gasteiger partial charge in [0.25, 0.3) is 0 Å². The smallest absolute Gasteiger partial charge is 0.179 e. The first-order valence-electron chi connectivity index (χ1n) is 6.22. The topological polar surface area (TPSA) is 20.3 Å². The minimum atomic E-state index is -0.0172. The highest BCUT2D eigenvalue weighted by Crippen LogP contribution is 2.17. The Balaban J connectivity index is 2.05. The van der Waals surface area contributed by atoms with Gasteiger partial charge in [0, 0.05) is 10.6 Å². The summed E-state index contributed by atoms with van der Waals surface area (Å²) in [5.41, 5.74) is 0.757. The third kappa shape index (κ3) is 3.08. The van der Waals surface area contributed by atoms with Crippen LogP contribution in [0.3, 0.4) is 0 Å². The molecule has 0 aliphatic carbocycles. The maximum Gasteiger partial charge on any atom is 0.179 e. The summed E-state index contributed by atoms with van der Waals surface area (Å²) >= 11 is 5.82. The van der Waals surface area contributed by atoms with Crippen molar-refractivity contribution < 1.29 is 4.79 Å². The molecule has 1 aliphatic heterocycles. The molecule has 92 valence electrons. The van der Waals surface area contributed by atoms with Crippen molar-refractivity contribution in [2.75, 3.05) is 13.1 Å². The summed E-state index contributed by atoms with van der Waals surface area (Å²) < 4.78 is 0. The van der Waals surface area contributed by atoms with Crippen LogP contribution >= 0.6 is 11.6 Å². The van der Waals surface area contributed by atoms with Crippen LogP contribution in [-0.4, -0.2) is 29.8 Å². The predicted octanol–water partition coefficient (Wildman–Crippen LogP) is 3.40. The van der Waals surface area contributed by atoms with Crippen molar-refractivity contribution in [3.05, 3.63) is 34.9 Å². The van der Waals surface area contributed by atoms with E-state index in [2.05, 4.69) is 4.90 Å². The van der Waals surface area contributed by atoms with Crippen LogP contribution in [0.25, 0.3) is 0 Å². The van der Waals surface area contributed by atoms with Crippen molar-refractivity contribution >= 4 is 17.4 Å². The minimum absolute atomic E-state index is 0.0172. The molecule has 2 rings (SSSR count). The van der Waals surface area contributed by atoms with Gasteiger partial charge in [-0.05, 0) is 57.1 Å². The van der Waals surface area contributed by atoms with Gasteiger partial charge in [0.1, 0.15) is 0 Å². The Morgan fingerprint density at radius 1 is 1.18 bits per heavy atom. The summed E-state index contributed by atoms with van der Waals surface area (Å²) in [6.07, 6.45) is 3.70. The molecule has 0 spiro atoms. The number of hydrogen-bond donors (Lipinski definition) is 0. The number of likely N-dealkylation sites (tertiary alicyclic amines) is 1. The van der Waals surface area contributed by atoms with E-state index in [4.69, 9.17) is 11.6 Å². The van der Waals surface area contributed by atoms with Gasteiger partial charge in [0.05, 0.1) is 6.04 Å².